The molecule has 1 aliphatic rings. The first-order chi connectivity index (χ1) is 7.40. The Kier molecular flexibility index (Phi) is 3.47. The number of hydrogen-bond donors (Lipinski definition) is 1. The summed E-state index contributed by atoms with van der Waals surface area (Å²) in [5.41, 5.74) is 0. The Hall–Kier alpha value is -1.20. The van der Waals surface area contributed by atoms with Crippen molar-refractivity contribution >= 4 is 6.29 Å². The molecule has 1 fully saturated rings. The van der Waals surface area contributed by atoms with Crippen LogP contribution in [0.3, 0.4) is 0 Å². The largest absolute Gasteiger partial charge is 0.327 e. The van der Waals surface area contributed by atoms with E-state index in [4.69, 9.17) is 0 Å². The van der Waals surface area contributed by atoms with Crippen molar-refractivity contribution in [3.05, 3.63) is 18.2 Å². The van der Waals surface area contributed by atoms with Crippen molar-refractivity contribution in [2.45, 2.75) is 6.54 Å². The number of carbonyl (C=O) groups is 1. The van der Waals surface area contributed by atoms with Gasteiger partial charge < -0.3 is 9.88 Å². The Morgan fingerprint density at radius 1 is 1.40 bits per heavy atom. The summed E-state index contributed by atoms with van der Waals surface area (Å²) in [6, 6.07) is 0. The molecule has 1 aromatic rings. The van der Waals surface area contributed by atoms with Crippen LogP contribution in [0, 0.1) is 0 Å². The van der Waals surface area contributed by atoms with Crippen LogP contribution in [0.1, 0.15) is 10.6 Å². The Bertz CT molecular complexity index is 317. The summed E-state index contributed by atoms with van der Waals surface area (Å²) in [5.74, 6) is 0.519. The lowest BCUT2D eigenvalue weighted by atomic mass is 10.3. The minimum absolute atomic E-state index is 0.519. The third-order valence-corrected chi connectivity index (χ3v) is 2.72. The second-order valence-corrected chi connectivity index (χ2v) is 3.69. The van der Waals surface area contributed by atoms with Gasteiger partial charge in [-0.3, -0.25) is 9.69 Å². The maximum atomic E-state index is 10.6. The summed E-state index contributed by atoms with van der Waals surface area (Å²) < 4.78 is 1.90. The van der Waals surface area contributed by atoms with Crippen LogP contribution in [0.2, 0.25) is 0 Å². The van der Waals surface area contributed by atoms with E-state index in [0.717, 1.165) is 45.6 Å². The Labute approximate surface area is 89.1 Å². The number of nitrogens with zero attached hydrogens (tertiary/aromatic N) is 3. The smallest absolute Gasteiger partial charge is 0.185 e. The normalized spacial score (nSPS) is 17.9. The highest BCUT2D eigenvalue weighted by Gasteiger charge is 2.09. The minimum Gasteiger partial charge on any atom is -0.327 e. The number of carbonyl (C=O) groups excluding carboxylic acids is 1. The van der Waals surface area contributed by atoms with E-state index in [1.54, 1.807) is 6.20 Å². The van der Waals surface area contributed by atoms with Gasteiger partial charge in [0.2, 0.25) is 0 Å². The summed E-state index contributed by atoms with van der Waals surface area (Å²) >= 11 is 0. The van der Waals surface area contributed by atoms with Gasteiger partial charge in [0.1, 0.15) is 0 Å². The molecule has 1 saturated heterocycles. The van der Waals surface area contributed by atoms with Crippen LogP contribution in [0.15, 0.2) is 12.4 Å². The highest BCUT2D eigenvalue weighted by Crippen LogP contribution is 1.97. The summed E-state index contributed by atoms with van der Waals surface area (Å²) in [6.45, 7) is 6.12. The number of hydrogen-bond acceptors (Lipinski definition) is 4. The molecular weight excluding hydrogens is 192 g/mol. The molecule has 5 heteroatoms. The van der Waals surface area contributed by atoms with E-state index in [1.807, 2.05) is 10.8 Å². The highest BCUT2D eigenvalue weighted by molar-refractivity contribution is 5.69. The van der Waals surface area contributed by atoms with E-state index in [1.165, 1.54) is 0 Å². The lowest BCUT2D eigenvalue weighted by Crippen LogP contribution is -2.44. The molecule has 0 radical (unpaired) electrons. The lowest BCUT2D eigenvalue weighted by Gasteiger charge is -2.27. The molecule has 2 heterocycles. The van der Waals surface area contributed by atoms with Gasteiger partial charge in [-0.1, -0.05) is 0 Å². The number of rotatable bonds is 4. The zero-order valence-electron chi connectivity index (χ0n) is 8.72. The molecule has 0 atom stereocenters. The van der Waals surface area contributed by atoms with Gasteiger partial charge in [-0.25, -0.2) is 4.98 Å². The first-order valence-electron chi connectivity index (χ1n) is 5.29. The van der Waals surface area contributed by atoms with Crippen LogP contribution in [0.25, 0.3) is 0 Å². The van der Waals surface area contributed by atoms with Gasteiger partial charge in [0, 0.05) is 51.7 Å². The molecule has 2 rings (SSSR count). The number of aromatic nitrogens is 2. The van der Waals surface area contributed by atoms with Crippen molar-refractivity contribution in [1.82, 2.24) is 19.8 Å². The molecule has 0 unspecified atom stereocenters. The van der Waals surface area contributed by atoms with Gasteiger partial charge in [-0.2, -0.15) is 0 Å². The zero-order chi connectivity index (χ0) is 10.5. The van der Waals surface area contributed by atoms with E-state index in [0.29, 0.717) is 5.82 Å². The van der Waals surface area contributed by atoms with E-state index in [2.05, 4.69) is 15.2 Å². The maximum Gasteiger partial charge on any atom is 0.185 e. The molecule has 0 saturated carbocycles. The molecular formula is C10H16N4O. The Morgan fingerprint density at radius 3 is 2.93 bits per heavy atom. The predicted octanol–water partition coefficient (Wildman–Crippen LogP) is -0.399. The first kappa shape index (κ1) is 10.3. The molecule has 1 aromatic heterocycles. The zero-order valence-corrected chi connectivity index (χ0v) is 8.72. The van der Waals surface area contributed by atoms with Gasteiger partial charge in [-0.05, 0) is 0 Å². The molecule has 1 N–H and O–H groups in total. The molecule has 0 spiro atoms. The number of piperazine rings is 1. The predicted molar refractivity (Wildman–Crippen MR) is 56.9 cm³/mol. The molecule has 1 aliphatic heterocycles. The summed E-state index contributed by atoms with van der Waals surface area (Å²) in [5, 5.41) is 3.31. The standard InChI is InChI=1S/C10H16N4O/c15-9-10-12-3-6-14(10)8-7-13-4-1-11-2-5-13/h3,6,9,11H,1-2,4-5,7-8H2. The third-order valence-electron chi connectivity index (χ3n) is 2.72. The van der Waals surface area contributed by atoms with Crippen molar-refractivity contribution in [3.63, 3.8) is 0 Å². The maximum absolute atomic E-state index is 10.6. The van der Waals surface area contributed by atoms with Crippen LogP contribution >= 0.6 is 0 Å². The van der Waals surface area contributed by atoms with E-state index in [9.17, 15) is 4.79 Å². The van der Waals surface area contributed by atoms with Crippen LogP contribution in [0.4, 0.5) is 0 Å². The molecule has 0 aliphatic carbocycles. The number of nitrogens with one attached hydrogen (secondary N) is 1. The molecule has 82 valence electrons. The van der Waals surface area contributed by atoms with Gasteiger partial charge in [-0.15, -0.1) is 0 Å². The topological polar surface area (TPSA) is 50.2 Å². The van der Waals surface area contributed by atoms with Crippen molar-refractivity contribution in [3.8, 4) is 0 Å². The van der Waals surface area contributed by atoms with Crippen molar-refractivity contribution in [1.29, 1.82) is 0 Å². The lowest BCUT2D eigenvalue weighted by molar-refractivity contribution is 0.111. The second-order valence-electron chi connectivity index (χ2n) is 3.69. The van der Waals surface area contributed by atoms with Crippen LogP contribution in [0.5, 0.6) is 0 Å². The van der Waals surface area contributed by atoms with Gasteiger partial charge in [0.15, 0.2) is 12.1 Å². The molecule has 0 amide bonds. The number of aldehydes is 1. The first-order valence-corrected chi connectivity index (χ1v) is 5.29. The van der Waals surface area contributed by atoms with E-state index >= 15 is 0 Å². The fourth-order valence-corrected chi connectivity index (χ4v) is 1.81. The fraction of sp³-hybridized carbons (Fsp3) is 0.600. The Morgan fingerprint density at radius 2 is 2.20 bits per heavy atom. The van der Waals surface area contributed by atoms with Crippen LogP contribution < -0.4 is 5.32 Å². The summed E-state index contributed by atoms with van der Waals surface area (Å²) in [4.78, 5) is 17.0. The number of imidazole rings is 1. The molecule has 15 heavy (non-hydrogen) atoms. The van der Waals surface area contributed by atoms with Crippen molar-refractivity contribution in [2.75, 3.05) is 32.7 Å². The average Bonchev–Trinajstić information content (AvgIpc) is 2.75. The summed E-state index contributed by atoms with van der Waals surface area (Å²) in [6.07, 6.45) is 4.32. The highest BCUT2D eigenvalue weighted by atomic mass is 16.1. The van der Waals surface area contributed by atoms with E-state index in [-0.39, 0.29) is 0 Å². The second kappa shape index (κ2) is 5.04. The monoisotopic (exact) mass is 208 g/mol. The van der Waals surface area contributed by atoms with Crippen molar-refractivity contribution in [2.24, 2.45) is 0 Å². The van der Waals surface area contributed by atoms with E-state index < -0.39 is 0 Å². The van der Waals surface area contributed by atoms with Crippen LogP contribution in [-0.2, 0) is 6.54 Å². The van der Waals surface area contributed by atoms with Crippen molar-refractivity contribution < 1.29 is 4.79 Å². The third kappa shape index (κ3) is 2.64. The molecule has 5 nitrogen and oxygen atoms in total. The minimum atomic E-state index is 0.519. The quantitative estimate of drug-likeness (QED) is 0.684. The van der Waals surface area contributed by atoms with Gasteiger partial charge in [0.05, 0.1) is 0 Å². The van der Waals surface area contributed by atoms with Crippen LogP contribution in [-0.4, -0.2) is 53.5 Å². The fourth-order valence-electron chi connectivity index (χ4n) is 1.81. The Balaban J connectivity index is 1.84. The van der Waals surface area contributed by atoms with Gasteiger partial charge in [0.25, 0.3) is 0 Å². The molecule has 0 bridgehead atoms. The summed E-state index contributed by atoms with van der Waals surface area (Å²) in [7, 11) is 0. The van der Waals surface area contributed by atoms with Gasteiger partial charge >= 0.3 is 0 Å². The molecule has 0 aromatic carbocycles. The average molecular weight is 208 g/mol. The SMILES string of the molecule is O=Cc1nccn1CCN1CCNCC1.